The van der Waals surface area contributed by atoms with Gasteiger partial charge in [0.25, 0.3) is 5.91 Å². The highest BCUT2D eigenvalue weighted by Crippen LogP contribution is 2.19. The number of benzene rings is 1. The normalized spacial score (nSPS) is 18.7. The molecule has 0 spiro atoms. The Kier molecular flexibility index (Phi) is 4.97. The molecular formula is C16H20FN5O. The van der Waals surface area contributed by atoms with Gasteiger partial charge < -0.3 is 5.32 Å². The van der Waals surface area contributed by atoms with E-state index in [9.17, 15) is 9.18 Å². The van der Waals surface area contributed by atoms with Crippen LogP contribution < -0.4 is 5.32 Å². The first-order valence-corrected chi connectivity index (χ1v) is 7.81. The Bertz CT molecular complexity index is 646. The molecule has 1 amide bonds. The predicted molar refractivity (Wildman–Crippen MR) is 83.1 cm³/mol. The molecule has 1 aliphatic heterocycles. The van der Waals surface area contributed by atoms with Gasteiger partial charge in [-0.2, -0.15) is 5.10 Å². The largest absolute Gasteiger partial charge is 0.349 e. The third-order valence-electron chi connectivity index (χ3n) is 4.14. The van der Waals surface area contributed by atoms with Gasteiger partial charge in [-0.3, -0.25) is 14.8 Å². The summed E-state index contributed by atoms with van der Waals surface area (Å²) >= 11 is 0. The molecule has 0 bridgehead atoms. The van der Waals surface area contributed by atoms with Gasteiger partial charge in [-0.05, 0) is 31.4 Å². The molecule has 3 rings (SSSR count). The second-order valence-corrected chi connectivity index (χ2v) is 5.88. The van der Waals surface area contributed by atoms with Crippen molar-refractivity contribution in [1.82, 2.24) is 25.4 Å². The van der Waals surface area contributed by atoms with Gasteiger partial charge in [0.05, 0.1) is 0 Å². The van der Waals surface area contributed by atoms with Crippen LogP contribution in [0.2, 0.25) is 0 Å². The third-order valence-corrected chi connectivity index (χ3v) is 4.14. The minimum atomic E-state index is -0.242. The zero-order valence-corrected chi connectivity index (χ0v) is 12.8. The van der Waals surface area contributed by atoms with Gasteiger partial charge >= 0.3 is 0 Å². The zero-order valence-electron chi connectivity index (χ0n) is 12.8. The summed E-state index contributed by atoms with van der Waals surface area (Å²) in [6, 6.07) is 6.88. The van der Waals surface area contributed by atoms with Gasteiger partial charge in [0.2, 0.25) is 5.82 Å². The van der Waals surface area contributed by atoms with Crippen molar-refractivity contribution in [2.24, 2.45) is 5.92 Å². The number of aromatic nitrogens is 3. The molecule has 0 aliphatic carbocycles. The minimum absolute atomic E-state index is 0.159. The van der Waals surface area contributed by atoms with E-state index in [0.717, 1.165) is 31.5 Å². The molecule has 2 N–H and O–H groups in total. The number of H-pyrrole nitrogens is 1. The number of carbonyl (C=O) groups is 1. The number of aromatic amines is 1. The van der Waals surface area contributed by atoms with Crippen molar-refractivity contribution in [3.8, 4) is 0 Å². The molecule has 2 heterocycles. The van der Waals surface area contributed by atoms with Crippen LogP contribution in [0.15, 0.2) is 30.6 Å². The van der Waals surface area contributed by atoms with Crippen LogP contribution in [0.25, 0.3) is 0 Å². The van der Waals surface area contributed by atoms with E-state index in [1.807, 2.05) is 12.1 Å². The Hall–Kier alpha value is -2.28. The van der Waals surface area contributed by atoms with E-state index in [1.54, 1.807) is 6.07 Å². The van der Waals surface area contributed by atoms with E-state index in [0.29, 0.717) is 19.0 Å². The van der Waals surface area contributed by atoms with Crippen LogP contribution in [-0.4, -0.2) is 45.6 Å². The van der Waals surface area contributed by atoms with Crippen LogP contribution in [0.3, 0.4) is 0 Å². The van der Waals surface area contributed by atoms with Crippen molar-refractivity contribution in [1.29, 1.82) is 0 Å². The van der Waals surface area contributed by atoms with Crippen LogP contribution in [0.1, 0.15) is 29.0 Å². The Morgan fingerprint density at radius 3 is 3.09 bits per heavy atom. The maximum absolute atomic E-state index is 13.8. The fourth-order valence-corrected chi connectivity index (χ4v) is 2.96. The monoisotopic (exact) mass is 317 g/mol. The van der Waals surface area contributed by atoms with Crippen molar-refractivity contribution in [2.45, 2.75) is 19.4 Å². The number of likely N-dealkylation sites (tertiary alicyclic amines) is 1. The third kappa shape index (κ3) is 4.13. The first-order chi connectivity index (χ1) is 11.2. The van der Waals surface area contributed by atoms with Gasteiger partial charge in [-0.1, -0.05) is 18.2 Å². The molecule has 1 fully saturated rings. The summed E-state index contributed by atoms with van der Waals surface area (Å²) in [5.41, 5.74) is 0.721. The zero-order chi connectivity index (χ0) is 16.1. The highest BCUT2D eigenvalue weighted by molar-refractivity contribution is 5.90. The molecule has 0 radical (unpaired) electrons. The first-order valence-electron chi connectivity index (χ1n) is 7.81. The summed E-state index contributed by atoms with van der Waals surface area (Å²) in [4.78, 5) is 17.9. The van der Waals surface area contributed by atoms with Crippen molar-refractivity contribution in [2.75, 3.05) is 19.6 Å². The van der Waals surface area contributed by atoms with E-state index in [1.165, 1.54) is 12.4 Å². The van der Waals surface area contributed by atoms with Crippen LogP contribution >= 0.6 is 0 Å². The van der Waals surface area contributed by atoms with E-state index in [-0.39, 0.29) is 17.5 Å². The number of piperidine rings is 1. The van der Waals surface area contributed by atoms with Gasteiger partial charge in [0.15, 0.2) is 0 Å². The Balaban J connectivity index is 1.50. The number of carbonyl (C=O) groups excluding carboxylic acids is 1. The van der Waals surface area contributed by atoms with E-state index < -0.39 is 0 Å². The highest BCUT2D eigenvalue weighted by Gasteiger charge is 2.21. The van der Waals surface area contributed by atoms with Crippen molar-refractivity contribution >= 4 is 5.91 Å². The lowest BCUT2D eigenvalue weighted by Gasteiger charge is -2.32. The number of rotatable bonds is 5. The highest BCUT2D eigenvalue weighted by atomic mass is 19.1. The lowest BCUT2D eigenvalue weighted by atomic mass is 9.97. The van der Waals surface area contributed by atoms with E-state index in [4.69, 9.17) is 0 Å². The SMILES string of the molecule is O=C(NC[C@@H]1CCCN(Cc2ccccc2F)C1)c1ncn[nH]1. The van der Waals surface area contributed by atoms with Crippen molar-refractivity contribution in [3.63, 3.8) is 0 Å². The molecule has 2 aromatic rings. The summed E-state index contributed by atoms with van der Waals surface area (Å²) in [6.45, 7) is 3.01. The maximum Gasteiger partial charge on any atom is 0.288 e. The van der Waals surface area contributed by atoms with Gasteiger partial charge in [0, 0.05) is 25.2 Å². The summed E-state index contributed by atoms with van der Waals surface area (Å²) in [7, 11) is 0. The molecule has 1 saturated heterocycles. The quantitative estimate of drug-likeness (QED) is 0.878. The number of hydrogen-bond acceptors (Lipinski definition) is 4. The summed E-state index contributed by atoms with van der Waals surface area (Å²) in [6.07, 6.45) is 3.42. The van der Waals surface area contributed by atoms with Crippen LogP contribution in [-0.2, 0) is 6.54 Å². The number of nitrogens with one attached hydrogen (secondary N) is 2. The molecule has 1 aromatic carbocycles. The summed E-state index contributed by atoms with van der Waals surface area (Å²) in [5, 5.41) is 9.09. The van der Waals surface area contributed by atoms with Crippen LogP contribution in [0.5, 0.6) is 0 Å². The Morgan fingerprint density at radius 1 is 1.43 bits per heavy atom. The van der Waals surface area contributed by atoms with Gasteiger partial charge in [-0.15, -0.1) is 0 Å². The summed E-state index contributed by atoms with van der Waals surface area (Å²) in [5.74, 6) is 0.188. The average Bonchev–Trinajstić information content (AvgIpc) is 3.10. The molecule has 1 atom stereocenters. The second-order valence-electron chi connectivity index (χ2n) is 5.88. The van der Waals surface area contributed by atoms with Gasteiger partial charge in [0.1, 0.15) is 12.1 Å². The molecule has 122 valence electrons. The number of hydrogen-bond donors (Lipinski definition) is 2. The second kappa shape index (κ2) is 7.32. The van der Waals surface area contributed by atoms with E-state index in [2.05, 4.69) is 25.4 Å². The standard InChI is InChI=1S/C16H20FN5O/c17-14-6-2-1-5-13(14)10-22-7-3-4-12(9-22)8-18-16(23)15-19-11-20-21-15/h1-2,5-6,11-12H,3-4,7-10H2,(H,18,23)(H,19,20,21)/t12-/m0/s1. The Morgan fingerprint density at radius 2 is 2.30 bits per heavy atom. The maximum atomic E-state index is 13.8. The van der Waals surface area contributed by atoms with Crippen LogP contribution in [0, 0.1) is 11.7 Å². The van der Waals surface area contributed by atoms with Crippen LogP contribution in [0.4, 0.5) is 4.39 Å². The first kappa shape index (κ1) is 15.6. The molecular weight excluding hydrogens is 297 g/mol. The fraction of sp³-hybridized carbons (Fsp3) is 0.438. The number of halogens is 1. The molecule has 0 unspecified atom stereocenters. The molecule has 6 nitrogen and oxygen atoms in total. The van der Waals surface area contributed by atoms with Gasteiger partial charge in [-0.25, -0.2) is 9.37 Å². The molecule has 1 aliphatic rings. The Labute approximate surface area is 134 Å². The minimum Gasteiger partial charge on any atom is -0.349 e. The average molecular weight is 317 g/mol. The molecule has 0 saturated carbocycles. The lowest BCUT2D eigenvalue weighted by Crippen LogP contribution is -2.40. The molecule has 1 aromatic heterocycles. The van der Waals surface area contributed by atoms with E-state index >= 15 is 0 Å². The molecule has 23 heavy (non-hydrogen) atoms. The fourth-order valence-electron chi connectivity index (χ4n) is 2.96. The lowest BCUT2D eigenvalue weighted by molar-refractivity contribution is 0.0920. The predicted octanol–water partition coefficient (Wildman–Crippen LogP) is 1.59. The van der Waals surface area contributed by atoms with Crippen molar-refractivity contribution in [3.05, 3.63) is 47.8 Å². The topological polar surface area (TPSA) is 73.9 Å². The smallest absolute Gasteiger partial charge is 0.288 e. The molecule has 7 heteroatoms. The number of nitrogens with zero attached hydrogens (tertiary/aromatic N) is 3. The van der Waals surface area contributed by atoms with Crippen molar-refractivity contribution < 1.29 is 9.18 Å². The summed E-state index contributed by atoms with van der Waals surface area (Å²) < 4.78 is 13.8. The number of amides is 1.